The number of carbonyl (C=O) groups excluding carboxylic acids is 2. The van der Waals surface area contributed by atoms with E-state index in [-0.39, 0.29) is 19.1 Å². The molecule has 1 heterocycles. The van der Waals surface area contributed by atoms with Gasteiger partial charge in [0, 0.05) is 0 Å². The van der Waals surface area contributed by atoms with Crippen molar-refractivity contribution in [1.29, 1.82) is 0 Å². The van der Waals surface area contributed by atoms with Gasteiger partial charge in [0.25, 0.3) is 0 Å². The van der Waals surface area contributed by atoms with Crippen LogP contribution in [0.1, 0.15) is 20.1 Å². The number of amides is 1. The summed E-state index contributed by atoms with van der Waals surface area (Å²) in [5.74, 6) is 5.28. The number of thiophene rings is 1. The third-order valence-electron chi connectivity index (χ3n) is 2.74. The van der Waals surface area contributed by atoms with E-state index in [0.29, 0.717) is 4.88 Å². The molecular weight excluding hydrogens is 314 g/mol. The molecule has 0 aliphatic rings. The van der Waals surface area contributed by atoms with Crippen LogP contribution in [0.4, 0.5) is 4.79 Å². The third-order valence-corrected chi connectivity index (χ3v) is 3.72. The van der Waals surface area contributed by atoms with Crippen molar-refractivity contribution in [2.75, 3.05) is 13.7 Å². The lowest BCUT2D eigenvalue weighted by Gasteiger charge is -2.04. The second-order valence-electron chi connectivity index (χ2n) is 4.37. The van der Waals surface area contributed by atoms with Crippen LogP contribution in [0.3, 0.4) is 0 Å². The number of hydrogen-bond acceptors (Lipinski definition) is 5. The lowest BCUT2D eigenvalue weighted by Crippen LogP contribution is -2.24. The van der Waals surface area contributed by atoms with Gasteiger partial charge in [0.15, 0.2) is 0 Å². The van der Waals surface area contributed by atoms with Crippen molar-refractivity contribution >= 4 is 23.4 Å². The predicted molar refractivity (Wildman–Crippen MR) is 87.2 cm³/mol. The van der Waals surface area contributed by atoms with Gasteiger partial charge in [-0.3, -0.25) is 0 Å². The fraction of sp³-hybridized carbons (Fsp3) is 0.176. The molecule has 23 heavy (non-hydrogen) atoms. The summed E-state index contributed by atoms with van der Waals surface area (Å²) < 4.78 is 9.67. The highest BCUT2D eigenvalue weighted by molar-refractivity contribution is 7.14. The lowest BCUT2D eigenvalue weighted by atomic mass is 10.2. The molecule has 0 saturated heterocycles. The van der Waals surface area contributed by atoms with E-state index in [1.807, 2.05) is 30.3 Å². The van der Waals surface area contributed by atoms with Crippen LogP contribution in [-0.2, 0) is 16.1 Å². The van der Waals surface area contributed by atoms with Gasteiger partial charge in [-0.1, -0.05) is 42.2 Å². The van der Waals surface area contributed by atoms with Gasteiger partial charge in [0.1, 0.15) is 11.5 Å². The van der Waals surface area contributed by atoms with E-state index in [9.17, 15) is 9.59 Å². The number of hydrogen-bond donors (Lipinski definition) is 1. The van der Waals surface area contributed by atoms with Crippen LogP contribution in [0.5, 0.6) is 0 Å². The summed E-state index contributed by atoms with van der Waals surface area (Å²) in [6.07, 6.45) is -0.524. The number of esters is 1. The molecule has 0 atom stereocenters. The summed E-state index contributed by atoms with van der Waals surface area (Å²) in [5.41, 5.74) is 0.919. The van der Waals surface area contributed by atoms with Crippen molar-refractivity contribution in [3.63, 3.8) is 0 Å². The standard InChI is InChI=1S/C17H15NO4S/c1-21-16(19)15-10-9-14(23-15)8-5-11-18-17(20)22-12-13-6-3-2-4-7-13/h2-4,6-7,9-10H,11-12H2,1H3,(H,18,20). The molecule has 0 unspecified atom stereocenters. The fourth-order valence-electron chi connectivity index (χ4n) is 1.64. The van der Waals surface area contributed by atoms with Gasteiger partial charge in [0.05, 0.1) is 18.5 Å². The van der Waals surface area contributed by atoms with E-state index < -0.39 is 6.09 Å². The summed E-state index contributed by atoms with van der Waals surface area (Å²) in [4.78, 5) is 24.0. The van der Waals surface area contributed by atoms with Gasteiger partial charge in [-0.25, -0.2) is 9.59 Å². The Morgan fingerprint density at radius 3 is 2.70 bits per heavy atom. The largest absolute Gasteiger partial charge is 0.465 e. The van der Waals surface area contributed by atoms with E-state index in [1.54, 1.807) is 12.1 Å². The Labute approximate surface area is 138 Å². The van der Waals surface area contributed by atoms with Crippen molar-refractivity contribution in [1.82, 2.24) is 5.32 Å². The first-order valence-corrected chi connectivity index (χ1v) is 7.62. The first kappa shape index (κ1) is 16.6. The van der Waals surface area contributed by atoms with Crippen LogP contribution < -0.4 is 5.32 Å². The number of benzene rings is 1. The number of alkyl carbamates (subject to hydrolysis) is 1. The van der Waals surface area contributed by atoms with Crippen molar-refractivity contribution in [2.24, 2.45) is 0 Å². The SMILES string of the molecule is COC(=O)c1ccc(C#CCNC(=O)OCc2ccccc2)s1. The Kier molecular flexibility index (Phi) is 6.21. The molecule has 1 aromatic carbocycles. The number of rotatable bonds is 4. The van der Waals surface area contributed by atoms with Crippen molar-refractivity contribution in [3.05, 3.63) is 57.8 Å². The third kappa shape index (κ3) is 5.49. The maximum absolute atomic E-state index is 11.5. The monoisotopic (exact) mass is 329 g/mol. The van der Waals surface area contributed by atoms with Gasteiger partial charge in [-0.05, 0) is 17.7 Å². The molecule has 1 aromatic heterocycles. The Balaban J connectivity index is 1.73. The van der Waals surface area contributed by atoms with E-state index >= 15 is 0 Å². The van der Waals surface area contributed by atoms with Gasteiger partial charge in [-0.2, -0.15) is 0 Å². The Bertz CT molecular complexity index is 728. The predicted octanol–water partition coefficient (Wildman–Crippen LogP) is 2.81. The van der Waals surface area contributed by atoms with Gasteiger partial charge < -0.3 is 14.8 Å². The fourth-order valence-corrected chi connectivity index (χ4v) is 2.44. The van der Waals surface area contributed by atoms with Crippen LogP contribution in [-0.4, -0.2) is 25.7 Å². The number of carbonyl (C=O) groups is 2. The van der Waals surface area contributed by atoms with Crippen LogP contribution in [0, 0.1) is 11.8 Å². The van der Waals surface area contributed by atoms with Crippen molar-refractivity contribution in [2.45, 2.75) is 6.61 Å². The molecule has 0 radical (unpaired) electrons. The van der Waals surface area contributed by atoms with E-state index in [0.717, 1.165) is 10.4 Å². The van der Waals surface area contributed by atoms with Gasteiger partial charge in [-0.15, -0.1) is 11.3 Å². The number of methoxy groups -OCH3 is 1. The Hall–Kier alpha value is -2.78. The summed E-state index contributed by atoms with van der Waals surface area (Å²) >= 11 is 1.24. The molecule has 118 valence electrons. The minimum absolute atomic E-state index is 0.166. The highest BCUT2D eigenvalue weighted by Gasteiger charge is 2.07. The summed E-state index contributed by atoms with van der Waals surface area (Å²) in [6.45, 7) is 0.382. The molecule has 0 aliphatic heterocycles. The zero-order chi connectivity index (χ0) is 16.5. The van der Waals surface area contributed by atoms with Gasteiger partial charge in [0.2, 0.25) is 0 Å². The summed E-state index contributed by atoms with van der Waals surface area (Å²) in [6, 6.07) is 12.8. The molecule has 0 saturated carbocycles. The molecule has 1 N–H and O–H groups in total. The molecule has 0 bridgehead atoms. The van der Waals surface area contributed by atoms with Crippen LogP contribution in [0.25, 0.3) is 0 Å². The first-order chi connectivity index (χ1) is 11.2. The minimum Gasteiger partial charge on any atom is -0.465 e. The summed E-state index contributed by atoms with van der Waals surface area (Å²) in [7, 11) is 1.33. The Morgan fingerprint density at radius 2 is 1.96 bits per heavy atom. The highest BCUT2D eigenvalue weighted by Crippen LogP contribution is 2.15. The highest BCUT2D eigenvalue weighted by atomic mass is 32.1. The molecule has 6 heteroatoms. The zero-order valence-electron chi connectivity index (χ0n) is 12.5. The molecular formula is C17H15NO4S. The quantitative estimate of drug-likeness (QED) is 0.692. The lowest BCUT2D eigenvalue weighted by molar-refractivity contribution is 0.0606. The molecule has 2 rings (SSSR count). The van der Waals surface area contributed by atoms with E-state index in [1.165, 1.54) is 18.4 Å². The average molecular weight is 329 g/mol. The molecule has 0 aliphatic carbocycles. The Morgan fingerprint density at radius 1 is 1.17 bits per heavy atom. The zero-order valence-corrected chi connectivity index (χ0v) is 13.3. The van der Waals surface area contributed by atoms with Crippen LogP contribution >= 0.6 is 11.3 Å². The van der Waals surface area contributed by atoms with Crippen molar-refractivity contribution < 1.29 is 19.1 Å². The maximum Gasteiger partial charge on any atom is 0.408 e. The molecule has 5 nitrogen and oxygen atoms in total. The number of ether oxygens (including phenoxy) is 2. The van der Waals surface area contributed by atoms with E-state index in [2.05, 4.69) is 21.9 Å². The van der Waals surface area contributed by atoms with E-state index in [4.69, 9.17) is 4.74 Å². The topological polar surface area (TPSA) is 64.6 Å². The molecule has 1 amide bonds. The summed E-state index contributed by atoms with van der Waals surface area (Å²) in [5, 5.41) is 2.54. The second-order valence-corrected chi connectivity index (χ2v) is 5.46. The van der Waals surface area contributed by atoms with Crippen molar-refractivity contribution in [3.8, 4) is 11.8 Å². The second kappa shape index (κ2) is 8.61. The molecule has 2 aromatic rings. The normalized spacial score (nSPS) is 9.43. The molecule has 0 fully saturated rings. The smallest absolute Gasteiger partial charge is 0.408 e. The first-order valence-electron chi connectivity index (χ1n) is 6.80. The average Bonchev–Trinajstić information content (AvgIpc) is 3.06. The van der Waals surface area contributed by atoms with Crippen LogP contribution in [0.2, 0.25) is 0 Å². The number of nitrogens with one attached hydrogen (secondary N) is 1. The molecule has 0 spiro atoms. The van der Waals surface area contributed by atoms with Gasteiger partial charge >= 0.3 is 12.1 Å². The maximum atomic E-state index is 11.5. The van der Waals surface area contributed by atoms with Crippen LogP contribution in [0.15, 0.2) is 42.5 Å². The minimum atomic E-state index is -0.524.